The van der Waals surface area contributed by atoms with Gasteiger partial charge in [-0.2, -0.15) is 11.8 Å². The molecule has 2 aromatic heterocycles. The molecule has 0 atom stereocenters. The van der Waals surface area contributed by atoms with Gasteiger partial charge in [-0.25, -0.2) is 15.0 Å². The van der Waals surface area contributed by atoms with Gasteiger partial charge < -0.3 is 0 Å². The Morgan fingerprint density at radius 1 is 1.10 bits per heavy atom. The zero-order valence-corrected chi connectivity index (χ0v) is 13.3. The van der Waals surface area contributed by atoms with Crippen molar-refractivity contribution < 1.29 is 0 Å². The van der Waals surface area contributed by atoms with Gasteiger partial charge in [0.25, 0.3) is 0 Å². The molecule has 106 valence electrons. The van der Waals surface area contributed by atoms with Crippen LogP contribution in [0, 0.1) is 6.92 Å². The number of hydrogen-bond donors (Lipinski definition) is 0. The summed E-state index contributed by atoms with van der Waals surface area (Å²) in [5.74, 6) is 2.63. The summed E-state index contributed by atoms with van der Waals surface area (Å²) in [5.41, 5.74) is 3.77. The van der Waals surface area contributed by atoms with Gasteiger partial charge in [0.05, 0.1) is 5.69 Å². The fourth-order valence-electron chi connectivity index (χ4n) is 1.96. The van der Waals surface area contributed by atoms with Gasteiger partial charge in [0, 0.05) is 29.3 Å². The predicted octanol–water partition coefficient (Wildman–Crippen LogP) is 4.34. The molecule has 0 aliphatic heterocycles. The maximum atomic E-state index is 4.60. The molecule has 1 aromatic carbocycles. The van der Waals surface area contributed by atoms with Crippen molar-refractivity contribution in [1.82, 2.24) is 15.0 Å². The number of rotatable bonds is 5. The second kappa shape index (κ2) is 6.83. The number of thioether (sulfide) groups is 1. The van der Waals surface area contributed by atoms with Crippen LogP contribution in [0.15, 0.2) is 48.1 Å². The molecular formula is C16H15N3S2. The average molecular weight is 313 g/mol. The Hall–Kier alpha value is -1.72. The molecule has 0 aliphatic rings. The highest BCUT2D eigenvalue weighted by atomic mass is 32.2. The molecule has 0 saturated carbocycles. The number of nitrogens with zero attached hydrogens (tertiary/aromatic N) is 3. The van der Waals surface area contributed by atoms with E-state index in [0.29, 0.717) is 5.82 Å². The molecule has 0 spiro atoms. The van der Waals surface area contributed by atoms with Gasteiger partial charge in [-0.05, 0) is 18.6 Å². The van der Waals surface area contributed by atoms with Crippen LogP contribution in [-0.2, 0) is 11.5 Å². The van der Waals surface area contributed by atoms with Crippen molar-refractivity contribution in [2.24, 2.45) is 0 Å². The summed E-state index contributed by atoms with van der Waals surface area (Å²) in [5, 5.41) is 2.98. The maximum Gasteiger partial charge on any atom is 0.188 e. The summed E-state index contributed by atoms with van der Waals surface area (Å²) in [7, 11) is 0. The van der Waals surface area contributed by atoms with Crippen molar-refractivity contribution in [2.45, 2.75) is 18.4 Å². The van der Waals surface area contributed by atoms with Crippen LogP contribution in [0.2, 0.25) is 0 Å². The SMILES string of the molecule is Cc1cccc(CSCc2csc(-c3ncccn3)n2)c1. The molecule has 0 saturated heterocycles. The largest absolute Gasteiger partial charge is 0.237 e. The third-order valence-corrected chi connectivity index (χ3v) is 4.83. The standard InChI is InChI=1S/C16H15N3S2/c1-12-4-2-5-13(8-12)9-20-10-14-11-21-16(19-14)15-17-6-3-7-18-15/h2-8,11H,9-10H2,1H3. The summed E-state index contributed by atoms with van der Waals surface area (Å²) in [6.07, 6.45) is 3.49. The molecule has 0 N–H and O–H groups in total. The molecule has 0 unspecified atom stereocenters. The number of aromatic nitrogens is 3. The van der Waals surface area contributed by atoms with Crippen LogP contribution >= 0.6 is 23.1 Å². The van der Waals surface area contributed by atoms with Crippen LogP contribution < -0.4 is 0 Å². The third kappa shape index (κ3) is 3.89. The van der Waals surface area contributed by atoms with E-state index in [1.165, 1.54) is 11.1 Å². The number of thiazole rings is 1. The first-order valence-corrected chi connectivity index (χ1v) is 8.70. The normalized spacial score (nSPS) is 10.7. The lowest BCUT2D eigenvalue weighted by atomic mass is 10.2. The lowest BCUT2D eigenvalue weighted by Gasteiger charge is -2.01. The minimum absolute atomic E-state index is 0.706. The van der Waals surface area contributed by atoms with Crippen molar-refractivity contribution in [3.63, 3.8) is 0 Å². The molecule has 21 heavy (non-hydrogen) atoms. The smallest absolute Gasteiger partial charge is 0.188 e. The minimum atomic E-state index is 0.706. The zero-order valence-electron chi connectivity index (χ0n) is 11.7. The lowest BCUT2D eigenvalue weighted by molar-refractivity contribution is 1.14. The summed E-state index contributed by atoms with van der Waals surface area (Å²) in [6.45, 7) is 2.13. The molecule has 0 bridgehead atoms. The summed E-state index contributed by atoms with van der Waals surface area (Å²) in [4.78, 5) is 13.1. The van der Waals surface area contributed by atoms with E-state index < -0.39 is 0 Å². The Labute approximate surface area is 132 Å². The van der Waals surface area contributed by atoms with E-state index in [4.69, 9.17) is 0 Å². The van der Waals surface area contributed by atoms with Crippen LogP contribution in [0.1, 0.15) is 16.8 Å². The number of hydrogen-bond acceptors (Lipinski definition) is 5. The molecular weight excluding hydrogens is 298 g/mol. The van der Waals surface area contributed by atoms with E-state index in [0.717, 1.165) is 22.2 Å². The fraction of sp³-hybridized carbons (Fsp3) is 0.188. The van der Waals surface area contributed by atoms with Gasteiger partial charge in [0.15, 0.2) is 10.8 Å². The van der Waals surface area contributed by atoms with E-state index in [-0.39, 0.29) is 0 Å². The highest BCUT2D eigenvalue weighted by molar-refractivity contribution is 7.97. The predicted molar refractivity (Wildman–Crippen MR) is 89.3 cm³/mol. The first-order valence-electron chi connectivity index (χ1n) is 6.66. The Balaban J connectivity index is 1.58. The van der Waals surface area contributed by atoms with E-state index >= 15 is 0 Å². The second-order valence-corrected chi connectivity index (χ2v) is 6.54. The number of benzene rings is 1. The molecule has 3 rings (SSSR count). The molecule has 0 radical (unpaired) electrons. The fourth-order valence-corrected chi connectivity index (χ4v) is 3.71. The van der Waals surface area contributed by atoms with Crippen LogP contribution in [0.4, 0.5) is 0 Å². The molecule has 0 amide bonds. The van der Waals surface area contributed by atoms with Crippen LogP contribution in [0.3, 0.4) is 0 Å². The summed E-state index contributed by atoms with van der Waals surface area (Å²) in [6, 6.07) is 10.5. The topological polar surface area (TPSA) is 38.7 Å². The van der Waals surface area contributed by atoms with Crippen molar-refractivity contribution >= 4 is 23.1 Å². The number of aryl methyl sites for hydroxylation is 1. The second-order valence-electron chi connectivity index (χ2n) is 4.70. The van der Waals surface area contributed by atoms with Gasteiger partial charge in [-0.15, -0.1) is 11.3 Å². The van der Waals surface area contributed by atoms with Crippen molar-refractivity contribution in [3.05, 3.63) is 64.9 Å². The lowest BCUT2D eigenvalue weighted by Crippen LogP contribution is -1.88. The minimum Gasteiger partial charge on any atom is -0.237 e. The Kier molecular flexibility index (Phi) is 4.62. The van der Waals surface area contributed by atoms with Gasteiger partial charge >= 0.3 is 0 Å². The maximum absolute atomic E-state index is 4.60. The van der Waals surface area contributed by atoms with E-state index in [2.05, 4.69) is 51.5 Å². The first-order chi connectivity index (χ1) is 10.3. The van der Waals surface area contributed by atoms with Crippen molar-refractivity contribution in [2.75, 3.05) is 0 Å². The molecule has 0 aliphatic carbocycles. The monoisotopic (exact) mass is 313 g/mol. The van der Waals surface area contributed by atoms with Gasteiger partial charge in [0.2, 0.25) is 0 Å². The Bertz CT molecular complexity index is 710. The summed E-state index contributed by atoms with van der Waals surface area (Å²) < 4.78 is 0. The quantitative estimate of drug-likeness (QED) is 0.702. The first kappa shape index (κ1) is 14.2. The van der Waals surface area contributed by atoms with E-state index in [1.54, 1.807) is 23.7 Å². The molecule has 3 nitrogen and oxygen atoms in total. The van der Waals surface area contributed by atoms with Gasteiger partial charge in [-0.3, -0.25) is 0 Å². The summed E-state index contributed by atoms with van der Waals surface area (Å²) >= 11 is 3.48. The van der Waals surface area contributed by atoms with E-state index in [1.807, 2.05) is 17.8 Å². The van der Waals surface area contributed by atoms with Gasteiger partial charge in [0.1, 0.15) is 0 Å². The van der Waals surface area contributed by atoms with Crippen molar-refractivity contribution in [1.29, 1.82) is 0 Å². The molecule has 5 heteroatoms. The van der Waals surface area contributed by atoms with Crippen LogP contribution in [0.5, 0.6) is 0 Å². The Morgan fingerprint density at radius 3 is 2.76 bits per heavy atom. The third-order valence-electron chi connectivity index (χ3n) is 2.91. The molecule has 0 fully saturated rings. The molecule has 3 aromatic rings. The van der Waals surface area contributed by atoms with Crippen LogP contribution in [-0.4, -0.2) is 15.0 Å². The zero-order chi connectivity index (χ0) is 14.5. The Morgan fingerprint density at radius 2 is 1.95 bits per heavy atom. The van der Waals surface area contributed by atoms with E-state index in [9.17, 15) is 0 Å². The molecule has 2 heterocycles. The van der Waals surface area contributed by atoms with Crippen LogP contribution in [0.25, 0.3) is 10.8 Å². The average Bonchev–Trinajstić information content (AvgIpc) is 2.97. The highest BCUT2D eigenvalue weighted by Crippen LogP contribution is 2.24. The van der Waals surface area contributed by atoms with Gasteiger partial charge in [-0.1, -0.05) is 29.8 Å². The highest BCUT2D eigenvalue weighted by Gasteiger charge is 2.06. The van der Waals surface area contributed by atoms with Crippen molar-refractivity contribution in [3.8, 4) is 10.8 Å².